The van der Waals surface area contributed by atoms with Gasteiger partial charge in [-0.25, -0.2) is 0 Å². The van der Waals surface area contributed by atoms with Crippen LogP contribution >= 0.6 is 0 Å². The summed E-state index contributed by atoms with van der Waals surface area (Å²) in [4.78, 5) is 38.4. The fourth-order valence-corrected chi connectivity index (χ4v) is 7.65. The number of aliphatic hydroxyl groups excluding tert-OH is 1. The molecule has 0 saturated heterocycles. The molecule has 5 aliphatic carbocycles. The van der Waals surface area contributed by atoms with E-state index in [4.69, 9.17) is 9.47 Å². The molecule has 1 N–H and O–H groups in total. The number of rotatable bonds is 2. The molecule has 0 radical (unpaired) electrons. The number of carbonyl (C=O) groups is 3. The van der Waals surface area contributed by atoms with Gasteiger partial charge in [-0.3, -0.25) is 14.4 Å². The summed E-state index contributed by atoms with van der Waals surface area (Å²) >= 11 is 0. The number of hydrogen-bond acceptors (Lipinski definition) is 6. The molecule has 2 unspecified atom stereocenters. The van der Waals surface area contributed by atoms with Crippen LogP contribution < -0.4 is 0 Å². The van der Waals surface area contributed by atoms with Gasteiger partial charge in [-0.2, -0.15) is 0 Å². The predicted molar refractivity (Wildman–Crippen MR) is 103 cm³/mol. The van der Waals surface area contributed by atoms with Crippen molar-refractivity contribution in [1.82, 2.24) is 0 Å². The number of fused-ring (bicyclic) bond motifs is 7. The third kappa shape index (κ3) is 1.89. The number of carbonyl (C=O) groups excluding carboxylic acids is 3. The summed E-state index contributed by atoms with van der Waals surface area (Å²) in [5.41, 5.74) is -1.84. The van der Waals surface area contributed by atoms with Crippen LogP contribution in [-0.2, 0) is 23.9 Å². The van der Waals surface area contributed by atoms with Crippen LogP contribution in [0.3, 0.4) is 0 Å². The maximum absolute atomic E-state index is 13.0. The third-order valence-electron chi connectivity index (χ3n) is 9.26. The van der Waals surface area contributed by atoms with E-state index in [9.17, 15) is 19.5 Å². The van der Waals surface area contributed by atoms with E-state index in [0.717, 1.165) is 25.7 Å². The van der Waals surface area contributed by atoms with Crippen molar-refractivity contribution in [2.75, 3.05) is 14.2 Å². The first-order valence-corrected chi connectivity index (χ1v) is 10.5. The van der Waals surface area contributed by atoms with Crippen molar-refractivity contribution in [2.24, 2.45) is 34.5 Å². The lowest BCUT2D eigenvalue weighted by molar-refractivity contribution is -0.197. The van der Waals surface area contributed by atoms with Gasteiger partial charge in [0.25, 0.3) is 0 Å². The summed E-state index contributed by atoms with van der Waals surface area (Å²) in [6.07, 6.45) is 6.65. The molecule has 0 amide bonds. The molecule has 5 rings (SSSR count). The van der Waals surface area contributed by atoms with E-state index >= 15 is 0 Å². The van der Waals surface area contributed by atoms with Gasteiger partial charge in [0, 0.05) is 18.1 Å². The highest BCUT2D eigenvalue weighted by atomic mass is 16.5. The van der Waals surface area contributed by atoms with E-state index in [2.05, 4.69) is 13.0 Å². The monoisotopic (exact) mass is 400 g/mol. The topological polar surface area (TPSA) is 89.9 Å². The van der Waals surface area contributed by atoms with E-state index in [-0.39, 0.29) is 29.3 Å². The SMILES string of the molecule is COC1=C[C@H]2[C@@H]3CC[C@H](O)[C@@]3(C)CC[C@@H]2[C@]2(C)C1=CC(=O)C1(OC)C(=O)C(=O)C12. The lowest BCUT2D eigenvalue weighted by Crippen LogP contribution is -2.77. The van der Waals surface area contributed by atoms with Crippen molar-refractivity contribution in [2.45, 2.75) is 51.2 Å². The predicted octanol–water partition coefficient (Wildman–Crippen LogP) is 2.00. The molecule has 0 aromatic carbocycles. The van der Waals surface area contributed by atoms with Crippen LogP contribution in [0.4, 0.5) is 0 Å². The summed E-state index contributed by atoms with van der Waals surface area (Å²) in [6, 6.07) is 0. The minimum atomic E-state index is -1.69. The molecule has 156 valence electrons. The van der Waals surface area contributed by atoms with Gasteiger partial charge in [0.1, 0.15) is 5.76 Å². The van der Waals surface area contributed by atoms with Crippen molar-refractivity contribution >= 4 is 17.3 Å². The van der Waals surface area contributed by atoms with Crippen molar-refractivity contribution < 1.29 is 29.0 Å². The first-order valence-electron chi connectivity index (χ1n) is 10.5. The zero-order valence-corrected chi connectivity index (χ0v) is 17.4. The smallest absolute Gasteiger partial charge is 0.239 e. The Labute approximate surface area is 170 Å². The maximum Gasteiger partial charge on any atom is 0.239 e. The second-order valence-corrected chi connectivity index (χ2v) is 9.93. The molecule has 0 aliphatic heterocycles. The van der Waals surface area contributed by atoms with Crippen molar-refractivity contribution in [1.29, 1.82) is 0 Å². The number of ether oxygens (including phenoxy) is 2. The Bertz CT molecular complexity index is 901. The molecular weight excluding hydrogens is 372 g/mol. The molecule has 0 aromatic heterocycles. The van der Waals surface area contributed by atoms with Crippen LogP contribution in [0.25, 0.3) is 0 Å². The van der Waals surface area contributed by atoms with E-state index in [1.807, 2.05) is 6.92 Å². The highest BCUT2D eigenvalue weighted by Gasteiger charge is 2.77. The van der Waals surface area contributed by atoms with Gasteiger partial charge in [0.2, 0.25) is 17.2 Å². The molecule has 0 aromatic rings. The molecule has 0 spiro atoms. The van der Waals surface area contributed by atoms with Crippen LogP contribution in [-0.4, -0.2) is 48.4 Å². The van der Waals surface area contributed by atoms with Gasteiger partial charge < -0.3 is 14.6 Å². The largest absolute Gasteiger partial charge is 0.497 e. The normalized spacial score (nSPS) is 50.5. The van der Waals surface area contributed by atoms with Gasteiger partial charge in [0.15, 0.2) is 5.78 Å². The second kappa shape index (κ2) is 5.67. The third-order valence-corrected chi connectivity index (χ3v) is 9.26. The zero-order valence-electron chi connectivity index (χ0n) is 17.4. The van der Waals surface area contributed by atoms with Crippen molar-refractivity contribution in [3.63, 3.8) is 0 Å². The molecule has 6 nitrogen and oxygen atoms in total. The number of hydrogen-bond donors (Lipinski definition) is 1. The number of ketones is 3. The Balaban J connectivity index is 1.71. The molecule has 5 aliphatic rings. The molecule has 0 heterocycles. The first kappa shape index (κ1) is 19.2. The van der Waals surface area contributed by atoms with Gasteiger partial charge in [-0.15, -0.1) is 0 Å². The van der Waals surface area contributed by atoms with E-state index in [1.165, 1.54) is 13.2 Å². The average Bonchev–Trinajstić information content (AvgIpc) is 3.01. The summed E-state index contributed by atoms with van der Waals surface area (Å²) in [6.45, 7) is 4.17. The lowest BCUT2D eigenvalue weighted by atomic mass is 9.40. The van der Waals surface area contributed by atoms with Gasteiger partial charge in [-0.1, -0.05) is 13.8 Å². The van der Waals surface area contributed by atoms with Gasteiger partial charge in [-0.05, 0) is 61.0 Å². The molecule has 3 fully saturated rings. The highest BCUT2D eigenvalue weighted by molar-refractivity contribution is 6.55. The summed E-state index contributed by atoms with van der Waals surface area (Å²) < 4.78 is 11.2. The number of aliphatic hydroxyl groups is 1. The summed E-state index contributed by atoms with van der Waals surface area (Å²) in [5.74, 6) is -1.42. The van der Waals surface area contributed by atoms with Crippen LogP contribution in [0.5, 0.6) is 0 Å². The summed E-state index contributed by atoms with van der Waals surface area (Å²) in [5, 5.41) is 10.7. The quantitative estimate of drug-likeness (QED) is 0.563. The Morgan fingerprint density at radius 3 is 2.45 bits per heavy atom. The number of methoxy groups -OCH3 is 2. The molecule has 29 heavy (non-hydrogen) atoms. The maximum atomic E-state index is 13.0. The lowest BCUT2D eigenvalue weighted by Gasteiger charge is -2.62. The molecule has 6 heteroatoms. The van der Waals surface area contributed by atoms with Crippen LogP contribution in [0.15, 0.2) is 23.5 Å². The Kier molecular flexibility index (Phi) is 3.75. The van der Waals surface area contributed by atoms with Crippen LogP contribution in [0.2, 0.25) is 0 Å². The summed E-state index contributed by atoms with van der Waals surface area (Å²) in [7, 11) is 2.92. The molecule has 8 atom stereocenters. The Hall–Kier alpha value is -1.79. The van der Waals surface area contributed by atoms with Crippen molar-refractivity contribution in [3.8, 4) is 0 Å². The first-order chi connectivity index (χ1) is 13.7. The Morgan fingerprint density at radius 2 is 1.79 bits per heavy atom. The van der Waals surface area contributed by atoms with E-state index in [0.29, 0.717) is 11.3 Å². The van der Waals surface area contributed by atoms with Crippen LogP contribution in [0.1, 0.15) is 39.5 Å². The molecule has 0 bridgehead atoms. The van der Waals surface area contributed by atoms with Gasteiger partial charge >= 0.3 is 0 Å². The minimum absolute atomic E-state index is 0.0840. The number of allylic oxidation sites excluding steroid dienone is 2. The minimum Gasteiger partial charge on any atom is -0.497 e. The molecule has 3 saturated carbocycles. The van der Waals surface area contributed by atoms with Gasteiger partial charge in [0.05, 0.1) is 19.1 Å². The van der Waals surface area contributed by atoms with E-state index < -0.39 is 34.3 Å². The van der Waals surface area contributed by atoms with Crippen LogP contribution in [0, 0.1) is 34.5 Å². The fourth-order valence-electron chi connectivity index (χ4n) is 7.65. The number of Topliss-reactive ketones (excluding diaryl/α,β-unsaturated/α-hetero) is 2. The van der Waals surface area contributed by atoms with Crippen molar-refractivity contribution in [3.05, 3.63) is 23.5 Å². The second-order valence-electron chi connectivity index (χ2n) is 9.93. The highest BCUT2D eigenvalue weighted by Crippen LogP contribution is 2.68. The molecular formula is C23H28O6. The zero-order chi connectivity index (χ0) is 20.9. The fraction of sp³-hybridized carbons (Fsp3) is 0.696. The van der Waals surface area contributed by atoms with E-state index in [1.54, 1.807) is 7.11 Å². The average molecular weight is 400 g/mol. The standard InChI is InChI=1S/C23H28O6/c1-21-8-7-13-11(12(21)5-6-16(21)24)9-15(28-3)14-10-17(25)23(29-4)19(22(13,14)2)18(26)20(23)27/h9-13,16,19,24H,5-8H2,1-4H3/t11-,12-,13-,16-,19?,21-,22+,23?/m0/s1. The Morgan fingerprint density at radius 1 is 1.07 bits per heavy atom.